The molecule has 1 unspecified atom stereocenters. The number of rotatable bonds is 3. The van der Waals surface area contributed by atoms with Gasteiger partial charge in [-0.15, -0.1) is 6.42 Å². The number of carbonyl (C=O) groups excluding carboxylic acids is 1. The molecule has 3 rings (SSSR count). The molecule has 5 heteroatoms. The molecule has 1 aromatic rings. The van der Waals surface area contributed by atoms with Crippen molar-refractivity contribution >= 4 is 5.97 Å². The molecule has 5 nitrogen and oxygen atoms in total. The zero-order chi connectivity index (χ0) is 14.8. The van der Waals surface area contributed by atoms with Crippen LogP contribution in [0.3, 0.4) is 0 Å². The summed E-state index contributed by atoms with van der Waals surface area (Å²) in [5, 5.41) is 0. The smallest absolute Gasteiger partial charge is 0.321 e. The van der Waals surface area contributed by atoms with Gasteiger partial charge in [0, 0.05) is 37.3 Å². The van der Waals surface area contributed by atoms with E-state index in [2.05, 4.69) is 10.8 Å². The Morgan fingerprint density at radius 2 is 2.24 bits per heavy atom. The number of fused-ring (bicyclic) bond motifs is 4. The molecule has 0 saturated carbocycles. The zero-order valence-corrected chi connectivity index (χ0v) is 11.8. The minimum atomic E-state index is -0.279. The standard InChI is InChI=1S/C16H18N2O3/c1-2-6-21-16(20)11-17-8-12-7-13(10-17)14-4-3-5-15(19)18(14)9-12/h1,3-5,12-13H,6-11H2/t12?,13-/m1/s1. The highest BCUT2D eigenvalue weighted by molar-refractivity contribution is 5.71. The first kappa shape index (κ1) is 13.9. The molecule has 2 bridgehead atoms. The molecule has 2 aliphatic rings. The SMILES string of the molecule is C#CCOC(=O)CN1CC2C[C@H](C1)c1cccc(=O)n1C2. The van der Waals surface area contributed by atoms with Crippen LogP contribution in [0.5, 0.6) is 0 Å². The van der Waals surface area contributed by atoms with Crippen LogP contribution in [0.25, 0.3) is 0 Å². The molecule has 1 fully saturated rings. The van der Waals surface area contributed by atoms with Crippen LogP contribution in [0, 0.1) is 18.3 Å². The van der Waals surface area contributed by atoms with Gasteiger partial charge in [-0.1, -0.05) is 12.0 Å². The van der Waals surface area contributed by atoms with E-state index in [1.807, 2.05) is 16.7 Å². The zero-order valence-electron chi connectivity index (χ0n) is 11.8. The first-order valence-corrected chi connectivity index (χ1v) is 7.18. The lowest BCUT2D eigenvalue weighted by molar-refractivity contribution is -0.144. The number of terminal acetylenes is 1. The summed E-state index contributed by atoms with van der Waals surface area (Å²) in [5.41, 5.74) is 1.16. The first-order valence-electron chi connectivity index (χ1n) is 7.18. The molecule has 1 aromatic heterocycles. The summed E-state index contributed by atoms with van der Waals surface area (Å²) in [4.78, 5) is 25.7. The Balaban J connectivity index is 1.72. The Bertz CT molecular complexity index is 644. The van der Waals surface area contributed by atoms with Crippen LogP contribution >= 0.6 is 0 Å². The normalized spacial score (nSPS) is 24.0. The van der Waals surface area contributed by atoms with E-state index in [9.17, 15) is 9.59 Å². The Morgan fingerprint density at radius 1 is 1.38 bits per heavy atom. The van der Waals surface area contributed by atoms with E-state index >= 15 is 0 Å². The van der Waals surface area contributed by atoms with Crippen molar-refractivity contribution in [1.82, 2.24) is 9.47 Å². The van der Waals surface area contributed by atoms with Gasteiger partial charge in [-0.2, -0.15) is 0 Å². The maximum atomic E-state index is 11.9. The van der Waals surface area contributed by atoms with E-state index in [1.54, 1.807) is 6.07 Å². The highest BCUT2D eigenvalue weighted by atomic mass is 16.5. The minimum absolute atomic E-state index is 0.0256. The second-order valence-electron chi connectivity index (χ2n) is 5.76. The summed E-state index contributed by atoms with van der Waals surface area (Å²) in [7, 11) is 0. The second-order valence-corrected chi connectivity index (χ2v) is 5.76. The van der Waals surface area contributed by atoms with Gasteiger partial charge in [0.15, 0.2) is 6.61 Å². The number of aromatic nitrogens is 1. The molecule has 3 heterocycles. The highest BCUT2D eigenvalue weighted by Crippen LogP contribution is 2.34. The van der Waals surface area contributed by atoms with Gasteiger partial charge in [0.05, 0.1) is 6.54 Å². The molecule has 0 aromatic carbocycles. The molecular formula is C16H18N2O3. The van der Waals surface area contributed by atoms with Crippen molar-refractivity contribution < 1.29 is 9.53 Å². The molecular weight excluding hydrogens is 268 g/mol. The van der Waals surface area contributed by atoms with Gasteiger partial charge >= 0.3 is 5.97 Å². The number of hydrogen-bond acceptors (Lipinski definition) is 4. The van der Waals surface area contributed by atoms with Crippen molar-refractivity contribution in [2.45, 2.75) is 18.9 Å². The molecule has 2 atom stereocenters. The molecule has 1 saturated heterocycles. The van der Waals surface area contributed by atoms with Crippen LogP contribution < -0.4 is 5.56 Å². The van der Waals surface area contributed by atoms with Crippen molar-refractivity contribution in [3.8, 4) is 12.3 Å². The molecule has 110 valence electrons. The number of carbonyl (C=O) groups is 1. The maximum absolute atomic E-state index is 11.9. The number of piperidine rings is 1. The fraction of sp³-hybridized carbons (Fsp3) is 0.500. The van der Waals surface area contributed by atoms with Gasteiger partial charge in [0.2, 0.25) is 0 Å². The Morgan fingerprint density at radius 3 is 3.05 bits per heavy atom. The minimum Gasteiger partial charge on any atom is -0.452 e. The number of nitrogens with zero attached hydrogens (tertiary/aromatic N) is 2. The van der Waals surface area contributed by atoms with Gasteiger partial charge in [-0.25, -0.2) is 0 Å². The lowest BCUT2D eigenvalue weighted by Crippen LogP contribution is -2.48. The summed E-state index contributed by atoms with van der Waals surface area (Å²) in [6.45, 7) is 2.64. The lowest BCUT2D eigenvalue weighted by atomic mass is 9.83. The fourth-order valence-electron chi connectivity index (χ4n) is 3.48. The average molecular weight is 286 g/mol. The predicted molar refractivity (Wildman–Crippen MR) is 77.8 cm³/mol. The van der Waals surface area contributed by atoms with Crippen LogP contribution in [0.2, 0.25) is 0 Å². The van der Waals surface area contributed by atoms with Crippen LogP contribution in [-0.4, -0.2) is 41.7 Å². The molecule has 0 amide bonds. The average Bonchev–Trinajstić information content (AvgIpc) is 2.46. The summed E-state index contributed by atoms with van der Waals surface area (Å²) in [6.07, 6.45) is 6.16. The third-order valence-electron chi connectivity index (χ3n) is 4.22. The van der Waals surface area contributed by atoms with E-state index in [-0.39, 0.29) is 24.7 Å². The van der Waals surface area contributed by atoms with Crippen molar-refractivity contribution in [1.29, 1.82) is 0 Å². The largest absolute Gasteiger partial charge is 0.452 e. The summed E-state index contributed by atoms with van der Waals surface area (Å²) < 4.78 is 6.81. The van der Waals surface area contributed by atoms with E-state index in [1.165, 1.54) is 0 Å². The molecule has 21 heavy (non-hydrogen) atoms. The predicted octanol–water partition coefficient (Wildman–Crippen LogP) is 0.444. The summed E-state index contributed by atoms with van der Waals surface area (Å²) >= 11 is 0. The van der Waals surface area contributed by atoms with Crippen LogP contribution in [0.1, 0.15) is 18.0 Å². The van der Waals surface area contributed by atoms with Crippen LogP contribution in [-0.2, 0) is 16.1 Å². The lowest BCUT2D eigenvalue weighted by Gasteiger charge is -2.42. The van der Waals surface area contributed by atoms with E-state index < -0.39 is 0 Å². The first-order chi connectivity index (χ1) is 10.2. The molecule has 2 aliphatic heterocycles. The van der Waals surface area contributed by atoms with Crippen molar-refractivity contribution in [2.75, 3.05) is 26.2 Å². The topological polar surface area (TPSA) is 51.5 Å². The Hall–Kier alpha value is -2.06. The number of pyridine rings is 1. The van der Waals surface area contributed by atoms with Crippen molar-refractivity contribution in [3.63, 3.8) is 0 Å². The molecule has 0 N–H and O–H groups in total. The van der Waals surface area contributed by atoms with Gasteiger partial charge in [0.1, 0.15) is 0 Å². The van der Waals surface area contributed by atoms with Crippen molar-refractivity contribution in [2.24, 2.45) is 5.92 Å². The molecule has 0 aliphatic carbocycles. The van der Waals surface area contributed by atoms with Gasteiger partial charge in [0.25, 0.3) is 5.56 Å². The summed E-state index contributed by atoms with van der Waals surface area (Å²) in [5.74, 6) is 2.74. The van der Waals surface area contributed by atoms with Crippen LogP contribution in [0.15, 0.2) is 23.0 Å². The fourth-order valence-corrected chi connectivity index (χ4v) is 3.48. The monoisotopic (exact) mass is 286 g/mol. The Labute approximate surface area is 123 Å². The number of likely N-dealkylation sites (tertiary alicyclic amines) is 1. The number of esters is 1. The van der Waals surface area contributed by atoms with Crippen molar-refractivity contribution in [3.05, 3.63) is 34.2 Å². The third-order valence-corrected chi connectivity index (χ3v) is 4.22. The van der Waals surface area contributed by atoms with E-state index in [4.69, 9.17) is 11.2 Å². The van der Waals surface area contributed by atoms with E-state index in [0.29, 0.717) is 11.8 Å². The Kier molecular flexibility index (Phi) is 3.80. The van der Waals surface area contributed by atoms with Gasteiger partial charge in [-0.05, 0) is 18.4 Å². The quantitative estimate of drug-likeness (QED) is 0.598. The number of hydrogen-bond donors (Lipinski definition) is 0. The van der Waals surface area contributed by atoms with Gasteiger partial charge < -0.3 is 9.30 Å². The number of ether oxygens (including phenoxy) is 1. The van der Waals surface area contributed by atoms with Gasteiger partial charge in [-0.3, -0.25) is 14.5 Å². The molecule has 0 radical (unpaired) electrons. The van der Waals surface area contributed by atoms with E-state index in [0.717, 1.165) is 31.7 Å². The second kappa shape index (κ2) is 5.74. The highest BCUT2D eigenvalue weighted by Gasteiger charge is 2.35. The molecule has 0 spiro atoms. The third kappa shape index (κ3) is 2.86. The maximum Gasteiger partial charge on any atom is 0.321 e. The summed E-state index contributed by atoms with van der Waals surface area (Å²) in [6, 6.07) is 5.44. The van der Waals surface area contributed by atoms with Crippen LogP contribution in [0.4, 0.5) is 0 Å².